The highest BCUT2D eigenvalue weighted by Crippen LogP contribution is 2.44. The van der Waals surface area contributed by atoms with Crippen molar-refractivity contribution in [1.82, 2.24) is 4.90 Å². The number of aryl methyl sites for hydroxylation is 1. The molecule has 0 saturated carbocycles. The number of ether oxygens (including phenoxy) is 3. The van der Waals surface area contributed by atoms with Crippen LogP contribution in [0.3, 0.4) is 0 Å². The van der Waals surface area contributed by atoms with E-state index < -0.39 is 0 Å². The van der Waals surface area contributed by atoms with Crippen LogP contribution in [0.25, 0.3) is 0 Å². The number of hydrogen-bond acceptors (Lipinski definition) is 5. The highest BCUT2D eigenvalue weighted by atomic mass is 16.5. The third-order valence-corrected chi connectivity index (χ3v) is 6.04. The van der Waals surface area contributed by atoms with Gasteiger partial charge < -0.3 is 19.3 Å². The molecular weight excluding hydrogens is 354 g/mol. The summed E-state index contributed by atoms with van der Waals surface area (Å²) in [7, 11) is 3.34. The fraction of sp³-hybridized carbons (Fsp3) is 0.478. The Balaban J connectivity index is 1.60. The Morgan fingerprint density at radius 2 is 1.86 bits per heavy atom. The lowest BCUT2D eigenvalue weighted by atomic mass is 9.83. The predicted octanol–water partition coefficient (Wildman–Crippen LogP) is 3.20. The third kappa shape index (κ3) is 3.62. The Morgan fingerprint density at radius 1 is 1.11 bits per heavy atom. The van der Waals surface area contributed by atoms with Crippen LogP contribution < -0.4 is 9.47 Å². The van der Waals surface area contributed by atoms with Crippen LogP contribution in [0.1, 0.15) is 29.2 Å². The highest BCUT2D eigenvalue weighted by molar-refractivity contribution is 5.49. The van der Waals surface area contributed by atoms with Crippen LogP contribution in [-0.4, -0.2) is 50.2 Å². The summed E-state index contributed by atoms with van der Waals surface area (Å²) in [6, 6.07) is 14.9. The van der Waals surface area contributed by atoms with E-state index in [0.717, 1.165) is 37.3 Å². The monoisotopic (exact) mass is 383 g/mol. The zero-order valence-corrected chi connectivity index (χ0v) is 16.6. The molecule has 3 unspecified atom stereocenters. The minimum atomic E-state index is 0.0603. The summed E-state index contributed by atoms with van der Waals surface area (Å²) in [6.45, 7) is 1.61. The van der Waals surface area contributed by atoms with E-state index >= 15 is 0 Å². The van der Waals surface area contributed by atoms with E-state index in [0.29, 0.717) is 6.61 Å². The lowest BCUT2D eigenvalue weighted by Gasteiger charge is -2.49. The van der Waals surface area contributed by atoms with Crippen molar-refractivity contribution < 1.29 is 19.3 Å². The molecule has 1 saturated heterocycles. The summed E-state index contributed by atoms with van der Waals surface area (Å²) >= 11 is 0. The number of hydrogen-bond donors (Lipinski definition) is 1. The molecule has 4 rings (SSSR count). The molecule has 2 aliphatic heterocycles. The largest absolute Gasteiger partial charge is 0.493 e. The quantitative estimate of drug-likeness (QED) is 0.830. The summed E-state index contributed by atoms with van der Waals surface area (Å²) in [6.07, 6.45) is 2.93. The first kappa shape index (κ1) is 19.2. The summed E-state index contributed by atoms with van der Waals surface area (Å²) in [5.74, 6) is 1.57. The van der Waals surface area contributed by atoms with E-state index in [1.54, 1.807) is 14.2 Å². The van der Waals surface area contributed by atoms with Gasteiger partial charge in [-0.3, -0.25) is 4.90 Å². The maximum atomic E-state index is 10.0. The maximum absolute atomic E-state index is 10.0. The van der Waals surface area contributed by atoms with Crippen LogP contribution >= 0.6 is 0 Å². The number of fused-ring (bicyclic) bond motifs is 3. The summed E-state index contributed by atoms with van der Waals surface area (Å²) in [5, 5.41) is 10.0. The molecule has 0 aromatic heterocycles. The van der Waals surface area contributed by atoms with Crippen molar-refractivity contribution in [3.63, 3.8) is 0 Å². The molecule has 2 heterocycles. The van der Waals surface area contributed by atoms with E-state index in [4.69, 9.17) is 14.2 Å². The average molecular weight is 383 g/mol. The second-order valence-corrected chi connectivity index (χ2v) is 7.59. The van der Waals surface area contributed by atoms with Gasteiger partial charge in [-0.15, -0.1) is 0 Å². The Labute approximate surface area is 166 Å². The molecule has 1 fully saturated rings. The number of aliphatic hydroxyl groups excluding tert-OH is 1. The second-order valence-electron chi connectivity index (χ2n) is 7.59. The zero-order valence-electron chi connectivity index (χ0n) is 16.6. The molecule has 2 aliphatic rings. The third-order valence-electron chi connectivity index (χ3n) is 6.04. The molecule has 0 radical (unpaired) electrons. The van der Waals surface area contributed by atoms with E-state index in [9.17, 15) is 5.11 Å². The first-order valence-corrected chi connectivity index (χ1v) is 10.0. The van der Waals surface area contributed by atoms with Gasteiger partial charge in [0.15, 0.2) is 11.5 Å². The van der Waals surface area contributed by atoms with Crippen LogP contribution in [0.2, 0.25) is 0 Å². The van der Waals surface area contributed by atoms with E-state index in [-0.39, 0.29) is 24.8 Å². The van der Waals surface area contributed by atoms with Gasteiger partial charge in [-0.2, -0.15) is 0 Å². The average Bonchev–Trinajstić information content (AvgIpc) is 2.76. The lowest BCUT2D eigenvalue weighted by molar-refractivity contribution is -0.165. The van der Waals surface area contributed by atoms with Gasteiger partial charge >= 0.3 is 0 Å². The number of aliphatic hydroxyl groups is 1. The molecule has 5 nitrogen and oxygen atoms in total. The number of rotatable bonds is 6. The molecule has 0 spiro atoms. The lowest BCUT2D eigenvalue weighted by Crippen LogP contribution is -2.53. The van der Waals surface area contributed by atoms with Crippen molar-refractivity contribution in [3.8, 4) is 11.5 Å². The van der Waals surface area contributed by atoms with Crippen LogP contribution in [0, 0.1) is 5.92 Å². The topological polar surface area (TPSA) is 51.2 Å². The molecule has 0 amide bonds. The second kappa shape index (κ2) is 8.52. The Kier molecular flexibility index (Phi) is 5.85. The van der Waals surface area contributed by atoms with Gasteiger partial charge in [0, 0.05) is 25.1 Å². The molecule has 0 aliphatic carbocycles. The van der Waals surface area contributed by atoms with Crippen molar-refractivity contribution in [3.05, 3.63) is 59.2 Å². The molecule has 1 N–H and O–H groups in total. The van der Waals surface area contributed by atoms with Gasteiger partial charge in [0.1, 0.15) is 6.23 Å². The molecule has 2 aromatic carbocycles. The molecule has 2 aromatic rings. The first-order valence-electron chi connectivity index (χ1n) is 10.0. The molecule has 28 heavy (non-hydrogen) atoms. The molecule has 150 valence electrons. The fourth-order valence-electron chi connectivity index (χ4n) is 4.60. The van der Waals surface area contributed by atoms with E-state index in [2.05, 4.69) is 41.3 Å². The molecule has 5 heteroatoms. The van der Waals surface area contributed by atoms with Crippen molar-refractivity contribution in [1.29, 1.82) is 0 Å². The summed E-state index contributed by atoms with van der Waals surface area (Å²) in [4.78, 5) is 2.43. The smallest absolute Gasteiger partial charge is 0.161 e. The normalized spacial score (nSPS) is 24.3. The van der Waals surface area contributed by atoms with Crippen LogP contribution in [0.4, 0.5) is 0 Å². The van der Waals surface area contributed by atoms with E-state index in [1.807, 2.05) is 6.07 Å². The number of methoxy groups -OCH3 is 2. The van der Waals surface area contributed by atoms with Crippen molar-refractivity contribution in [2.45, 2.75) is 31.5 Å². The van der Waals surface area contributed by atoms with Gasteiger partial charge in [0.25, 0.3) is 0 Å². The Morgan fingerprint density at radius 3 is 2.57 bits per heavy atom. The standard InChI is InChI=1S/C23H29NO4/c1-26-20-12-17-10-11-24-22(9-8-16-6-4-3-5-7-16)28-15-18(14-25)23(24)19(17)13-21(20)27-2/h3-7,12-13,18,22-23,25H,8-11,14-15H2,1-2H3. The number of nitrogens with zero attached hydrogens (tertiary/aromatic N) is 1. The van der Waals surface area contributed by atoms with Crippen LogP contribution in [-0.2, 0) is 17.6 Å². The fourth-order valence-corrected chi connectivity index (χ4v) is 4.60. The Hall–Kier alpha value is -2.08. The van der Waals surface area contributed by atoms with Crippen LogP contribution in [0.5, 0.6) is 11.5 Å². The summed E-state index contributed by atoms with van der Waals surface area (Å²) < 4.78 is 17.2. The van der Waals surface area contributed by atoms with Crippen molar-refractivity contribution >= 4 is 0 Å². The van der Waals surface area contributed by atoms with Crippen molar-refractivity contribution in [2.24, 2.45) is 5.92 Å². The van der Waals surface area contributed by atoms with Crippen LogP contribution in [0.15, 0.2) is 42.5 Å². The molecule has 0 bridgehead atoms. The predicted molar refractivity (Wildman–Crippen MR) is 108 cm³/mol. The zero-order chi connectivity index (χ0) is 19.5. The van der Waals surface area contributed by atoms with Gasteiger partial charge in [-0.05, 0) is 48.1 Å². The van der Waals surface area contributed by atoms with Gasteiger partial charge in [0.2, 0.25) is 0 Å². The molecular formula is C23H29NO4. The number of benzene rings is 2. The summed E-state index contributed by atoms with van der Waals surface area (Å²) in [5.41, 5.74) is 3.84. The SMILES string of the molecule is COc1cc2c(cc1OC)C1C(CO)COC(CCc3ccccc3)N1CC2. The Bertz CT molecular complexity index is 795. The maximum Gasteiger partial charge on any atom is 0.161 e. The van der Waals surface area contributed by atoms with Crippen molar-refractivity contribution in [2.75, 3.05) is 34.0 Å². The minimum absolute atomic E-state index is 0.0603. The van der Waals surface area contributed by atoms with Gasteiger partial charge in [0.05, 0.1) is 20.8 Å². The van der Waals surface area contributed by atoms with E-state index in [1.165, 1.54) is 16.7 Å². The highest BCUT2D eigenvalue weighted by Gasteiger charge is 2.41. The molecule has 3 atom stereocenters. The van der Waals surface area contributed by atoms with Gasteiger partial charge in [-0.25, -0.2) is 0 Å². The first-order chi connectivity index (χ1) is 13.7. The van der Waals surface area contributed by atoms with Gasteiger partial charge in [-0.1, -0.05) is 30.3 Å². The minimum Gasteiger partial charge on any atom is -0.493 e.